The lowest BCUT2D eigenvalue weighted by Gasteiger charge is -2.13. The highest BCUT2D eigenvalue weighted by molar-refractivity contribution is 5.78. The molecule has 0 saturated carbocycles. The van der Waals surface area contributed by atoms with E-state index in [1.807, 2.05) is 6.92 Å². The molecule has 2 N–H and O–H groups in total. The van der Waals surface area contributed by atoms with Crippen LogP contribution in [0.4, 0.5) is 0 Å². The van der Waals surface area contributed by atoms with E-state index in [2.05, 4.69) is 17.0 Å². The van der Waals surface area contributed by atoms with E-state index in [0.717, 1.165) is 25.7 Å². The van der Waals surface area contributed by atoms with Crippen molar-refractivity contribution in [2.24, 2.45) is 0 Å². The van der Waals surface area contributed by atoms with Crippen molar-refractivity contribution in [3.8, 4) is 0 Å². The van der Waals surface area contributed by atoms with E-state index in [1.54, 1.807) is 0 Å². The lowest BCUT2D eigenvalue weighted by atomic mass is 10.1. The molecule has 94 valence electrons. The van der Waals surface area contributed by atoms with Gasteiger partial charge in [0.05, 0.1) is 0 Å². The third-order valence-corrected chi connectivity index (χ3v) is 2.11. The van der Waals surface area contributed by atoms with Gasteiger partial charge in [-0.25, -0.2) is 4.79 Å². The first-order valence-corrected chi connectivity index (χ1v) is 5.65. The van der Waals surface area contributed by atoms with Crippen molar-refractivity contribution in [2.45, 2.75) is 45.6 Å². The molecule has 0 aromatic rings. The maximum Gasteiger partial charge on any atom is 0.329 e. The van der Waals surface area contributed by atoms with Gasteiger partial charge in [0.15, 0.2) is 0 Å². The quantitative estimate of drug-likeness (QED) is 0.584. The van der Waals surface area contributed by atoms with Gasteiger partial charge in [0.25, 0.3) is 0 Å². The van der Waals surface area contributed by atoms with Crippen molar-refractivity contribution >= 4 is 11.9 Å². The summed E-state index contributed by atoms with van der Waals surface area (Å²) >= 11 is 0. The smallest absolute Gasteiger partial charge is 0.329 e. The molecular formula is C11H21NO4. The van der Waals surface area contributed by atoms with Crippen molar-refractivity contribution in [3.05, 3.63) is 0 Å². The van der Waals surface area contributed by atoms with Gasteiger partial charge in [0, 0.05) is 6.04 Å². The monoisotopic (exact) mass is 231 g/mol. The summed E-state index contributed by atoms with van der Waals surface area (Å²) in [5, 5.41) is 11.1. The normalized spacial score (nSPS) is 12.1. The number of ether oxygens (including phenoxy) is 1. The molecule has 0 aromatic heterocycles. The predicted octanol–water partition coefficient (Wildman–Crippen LogP) is 1.17. The predicted molar refractivity (Wildman–Crippen MR) is 60.2 cm³/mol. The minimum atomic E-state index is -1.07. The van der Waals surface area contributed by atoms with Crippen molar-refractivity contribution < 1.29 is 19.4 Å². The van der Waals surface area contributed by atoms with Crippen LogP contribution in [-0.2, 0) is 14.3 Å². The molecule has 16 heavy (non-hydrogen) atoms. The van der Waals surface area contributed by atoms with E-state index >= 15 is 0 Å². The molecule has 5 nitrogen and oxygen atoms in total. The zero-order chi connectivity index (χ0) is 12.4. The Kier molecular flexibility index (Phi) is 8.52. The van der Waals surface area contributed by atoms with Crippen LogP contribution in [0.2, 0.25) is 0 Å². The van der Waals surface area contributed by atoms with E-state index in [4.69, 9.17) is 5.11 Å². The van der Waals surface area contributed by atoms with Gasteiger partial charge >= 0.3 is 5.97 Å². The largest absolute Gasteiger partial charge is 0.480 e. The number of nitrogens with one attached hydrogen (secondary N) is 1. The summed E-state index contributed by atoms with van der Waals surface area (Å²) in [6, 6.07) is 0.118. The number of aliphatic carboxylic acids is 1. The summed E-state index contributed by atoms with van der Waals surface area (Å²) in [5.74, 6) is -1.32. The molecule has 0 aliphatic carbocycles. The first-order chi connectivity index (χ1) is 7.56. The molecular weight excluding hydrogens is 210 g/mol. The SMILES string of the molecule is CCCCCC(C)NC(=O)COCC(=O)O. The number of carboxylic acids is 1. The number of hydrogen-bond donors (Lipinski definition) is 2. The minimum absolute atomic E-state index is 0.118. The third kappa shape index (κ3) is 9.45. The molecule has 1 unspecified atom stereocenters. The van der Waals surface area contributed by atoms with Gasteiger partial charge in [-0.05, 0) is 13.3 Å². The zero-order valence-corrected chi connectivity index (χ0v) is 9.99. The number of carbonyl (C=O) groups is 2. The molecule has 0 heterocycles. The van der Waals surface area contributed by atoms with Crippen molar-refractivity contribution in [1.29, 1.82) is 0 Å². The van der Waals surface area contributed by atoms with E-state index < -0.39 is 12.6 Å². The molecule has 0 rings (SSSR count). The first kappa shape index (κ1) is 14.9. The van der Waals surface area contributed by atoms with E-state index in [1.165, 1.54) is 0 Å². The Bertz CT molecular complexity index is 218. The van der Waals surface area contributed by atoms with Crippen LogP contribution < -0.4 is 5.32 Å². The molecule has 0 spiro atoms. The highest BCUT2D eigenvalue weighted by atomic mass is 16.5. The number of rotatable bonds is 9. The van der Waals surface area contributed by atoms with Gasteiger partial charge in [-0.3, -0.25) is 4.79 Å². The second-order valence-electron chi connectivity index (χ2n) is 3.85. The van der Waals surface area contributed by atoms with E-state index in [0.29, 0.717) is 0 Å². The fourth-order valence-electron chi connectivity index (χ4n) is 1.32. The summed E-state index contributed by atoms with van der Waals surface area (Å²) in [4.78, 5) is 21.4. The molecule has 0 bridgehead atoms. The van der Waals surface area contributed by atoms with Gasteiger partial charge in [0.2, 0.25) is 5.91 Å². The first-order valence-electron chi connectivity index (χ1n) is 5.65. The van der Waals surface area contributed by atoms with Crippen LogP contribution in [0.3, 0.4) is 0 Å². The molecule has 0 aromatic carbocycles. The van der Waals surface area contributed by atoms with Gasteiger partial charge in [-0.1, -0.05) is 26.2 Å². The highest BCUT2D eigenvalue weighted by Gasteiger charge is 2.07. The Labute approximate surface area is 96.2 Å². The lowest BCUT2D eigenvalue weighted by Crippen LogP contribution is -2.35. The molecule has 0 aliphatic rings. The van der Waals surface area contributed by atoms with Gasteiger partial charge in [-0.15, -0.1) is 0 Å². The van der Waals surface area contributed by atoms with Crippen molar-refractivity contribution in [1.82, 2.24) is 5.32 Å². The maximum absolute atomic E-state index is 11.2. The van der Waals surface area contributed by atoms with Crippen LogP contribution in [0.5, 0.6) is 0 Å². The van der Waals surface area contributed by atoms with Crippen LogP contribution >= 0.6 is 0 Å². The number of amides is 1. The molecule has 0 aliphatic heterocycles. The number of carboxylic acid groups (broad SMARTS) is 1. The molecule has 0 saturated heterocycles. The highest BCUT2D eigenvalue weighted by Crippen LogP contribution is 2.02. The Hall–Kier alpha value is -1.10. The van der Waals surface area contributed by atoms with Crippen molar-refractivity contribution in [2.75, 3.05) is 13.2 Å². The van der Waals surface area contributed by atoms with Crippen LogP contribution in [0.15, 0.2) is 0 Å². The summed E-state index contributed by atoms with van der Waals surface area (Å²) in [6.45, 7) is 3.44. The average Bonchev–Trinajstić information content (AvgIpc) is 2.17. The second-order valence-corrected chi connectivity index (χ2v) is 3.85. The third-order valence-electron chi connectivity index (χ3n) is 2.11. The Balaban J connectivity index is 3.50. The van der Waals surface area contributed by atoms with Crippen LogP contribution in [-0.4, -0.2) is 36.2 Å². The second kappa shape index (κ2) is 9.15. The van der Waals surface area contributed by atoms with Gasteiger partial charge in [-0.2, -0.15) is 0 Å². The summed E-state index contributed by atoms with van der Waals surface area (Å²) < 4.78 is 4.67. The standard InChI is InChI=1S/C11H21NO4/c1-3-4-5-6-9(2)12-10(13)7-16-8-11(14)15/h9H,3-8H2,1-2H3,(H,12,13)(H,14,15). The molecule has 1 atom stereocenters. The molecule has 1 amide bonds. The van der Waals surface area contributed by atoms with Crippen LogP contribution in [0, 0.1) is 0 Å². The molecule has 0 fully saturated rings. The number of unbranched alkanes of at least 4 members (excludes halogenated alkanes) is 2. The fraction of sp³-hybridized carbons (Fsp3) is 0.818. The fourth-order valence-corrected chi connectivity index (χ4v) is 1.32. The van der Waals surface area contributed by atoms with Crippen LogP contribution in [0.25, 0.3) is 0 Å². The maximum atomic E-state index is 11.2. The lowest BCUT2D eigenvalue weighted by molar-refractivity contribution is -0.143. The van der Waals surface area contributed by atoms with Gasteiger partial charge < -0.3 is 15.2 Å². The molecule has 5 heteroatoms. The van der Waals surface area contributed by atoms with Gasteiger partial charge in [0.1, 0.15) is 13.2 Å². The minimum Gasteiger partial charge on any atom is -0.480 e. The number of hydrogen-bond acceptors (Lipinski definition) is 3. The average molecular weight is 231 g/mol. The van der Waals surface area contributed by atoms with E-state index in [-0.39, 0.29) is 18.6 Å². The molecule has 0 radical (unpaired) electrons. The Morgan fingerprint density at radius 1 is 1.31 bits per heavy atom. The number of carbonyl (C=O) groups excluding carboxylic acids is 1. The summed E-state index contributed by atoms with van der Waals surface area (Å²) in [6.07, 6.45) is 4.35. The Morgan fingerprint density at radius 3 is 2.56 bits per heavy atom. The van der Waals surface area contributed by atoms with Crippen LogP contribution in [0.1, 0.15) is 39.5 Å². The van der Waals surface area contributed by atoms with Crippen molar-refractivity contribution in [3.63, 3.8) is 0 Å². The Morgan fingerprint density at radius 2 is 2.00 bits per heavy atom. The van der Waals surface area contributed by atoms with E-state index in [9.17, 15) is 9.59 Å². The summed E-state index contributed by atoms with van der Waals surface area (Å²) in [7, 11) is 0. The summed E-state index contributed by atoms with van der Waals surface area (Å²) in [5.41, 5.74) is 0. The topological polar surface area (TPSA) is 75.6 Å². The zero-order valence-electron chi connectivity index (χ0n) is 9.99.